The summed E-state index contributed by atoms with van der Waals surface area (Å²) in [5.74, 6) is -0.375. The molecule has 2 N–H and O–H groups in total. The van der Waals surface area contributed by atoms with E-state index in [1.807, 2.05) is 0 Å². The number of anilines is 1. The Bertz CT molecular complexity index is 590. The molecular weight excluding hydrogens is 283 g/mol. The minimum absolute atomic E-state index is 0.0750. The number of rotatable bonds is 6. The van der Waals surface area contributed by atoms with Crippen LogP contribution < -0.4 is 10.1 Å². The lowest BCUT2D eigenvalue weighted by Gasteiger charge is -2.02. The monoisotopic (exact) mass is 296 g/mol. The van der Waals surface area contributed by atoms with Crippen molar-refractivity contribution >= 4 is 23.6 Å². The molecule has 8 heteroatoms. The predicted octanol–water partition coefficient (Wildman–Crippen LogP) is 2.07. The van der Waals surface area contributed by atoms with Gasteiger partial charge in [-0.3, -0.25) is 10.1 Å². The van der Waals surface area contributed by atoms with E-state index in [4.69, 9.17) is 4.74 Å². The summed E-state index contributed by atoms with van der Waals surface area (Å²) in [6.07, 6.45) is 0. The topological polar surface area (TPSA) is 79.9 Å². The number of thioether (sulfide) groups is 1. The van der Waals surface area contributed by atoms with Crippen LogP contribution in [0.3, 0.4) is 0 Å². The van der Waals surface area contributed by atoms with Gasteiger partial charge in [-0.15, -0.1) is 16.9 Å². The number of H-pyrrole nitrogens is 1. The third-order valence-electron chi connectivity index (χ3n) is 2.19. The van der Waals surface area contributed by atoms with Crippen molar-refractivity contribution in [2.75, 3.05) is 17.7 Å². The first-order valence-electron chi connectivity index (χ1n) is 5.91. The minimum Gasteiger partial charge on any atom is -0.463 e. The van der Waals surface area contributed by atoms with E-state index in [1.165, 1.54) is 6.07 Å². The van der Waals surface area contributed by atoms with Crippen molar-refractivity contribution in [1.82, 2.24) is 15.2 Å². The van der Waals surface area contributed by atoms with Crippen LogP contribution >= 0.6 is 11.8 Å². The molecule has 0 radical (unpaired) electrons. The molecule has 1 aromatic carbocycles. The van der Waals surface area contributed by atoms with E-state index < -0.39 is 0 Å². The fraction of sp³-hybridized carbons (Fsp3) is 0.250. The Labute approximate surface area is 119 Å². The Morgan fingerprint density at radius 2 is 2.30 bits per heavy atom. The number of halogens is 1. The van der Waals surface area contributed by atoms with Crippen LogP contribution in [-0.2, 0) is 4.79 Å². The Morgan fingerprint density at radius 1 is 1.50 bits per heavy atom. The molecule has 6 nitrogen and oxygen atoms in total. The number of ether oxygens (including phenoxy) is 1. The van der Waals surface area contributed by atoms with Crippen molar-refractivity contribution < 1.29 is 13.9 Å². The summed E-state index contributed by atoms with van der Waals surface area (Å²) in [6, 6.07) is 6.46. The molecule has 2 rings (SSSR count). The molecule has 0 aliphatic heterocycles. The summed E-state index contributed by atoms with van der Waals surface area (Å²) < 4.78 is 18.4. The van der Waals surface area contributed by atoms with Gasteiger partial charge in [0.1, 0.15) is 5.82 Å². The van der Waals surface area contributed by atoms with E-state index in [2.05, 4.69) is 20.5 Å². The number of carbonyl (C=O) groups excluding carboxylic acids is 1. The zero-order valence-electron chi connectivity index (χ0n) is 10.7. The van der Waals surface area contributed by atoms with Crippen LogP contribution in [0.4, 0.5) is 10.3 Å². The Balaban J connectivity index is 1.84. The first-order valence-corrected chi connectivity index (χ1v) is 6.90. The fourth-order valence-corrected chi connectivity index (χ4v) is 2.11. The van der Waals surface area contributed by atoms with E-state index in [9.17, 15) is 9.18 Å². The largest absolute Gasteiger partial charge is 0.463 e. The molecule has 0 aliphatic rings. The first-order chi connectivity index (χ1) is 9.69. The van der Waals surface area contributed by atoms with Crippen molar-refractivity contribution in [1.29, 1.82) is 0 Å². The summed E-state index contributed by atoms with van der Waals surface area (Å²) in [4.78, 5) is 16.0. The number of carbonyl (C=O) groups is 1. The standard InChI is InChI=1S/C12H13FN4O2S/c1-2-19-12-15-11(16-17-12)14-10(18)7-20-9-6-4-3-5-8(9)13/h3-6H,2,7H2,1H3,(H2,14,15,16,17,18). The second-order valence-corrected chi connectivity index (χ2v) is 4.68. The summed E-state index contributed by atoms with van der Waals surface area (Å²) in [5.41, 5.74) is 0. The maximum atomic E-state index is 13.4. The number of amides is 1. The van der Waals surface area contributed by atoms with Gasteiger partial charge in [-0.05, 0) is 19.1 Å². The Morgan fingerprint density at radius 3 is 3.05 bits per heavy atom. The van der Waals surface area contributed by atoms with Gasteiger partial charge in [0.2, 0.25) is 11.9 Å². The van der Waals surface area contributed by atoms with E-state index in [1.54, 1.807) is 25.1 Å². The zero-order chi connectivity index (χ0) is 14.4. The molecule has 106 valence electrons. The van der Waals surface area contributed by atoms with Crippen LogP contribution in [-0.4, -0.2) is 33.4 Å². The highest BCUT2D eigenvalue weighted by molar-refractivity contribution is 8.00. The molecule has 1 heterocycles. The van der Waals surface area contributed by atoms with Crippen LogP contribution in [0.1, 0.15) is 6.92 Å². The zero-order valence-corrected chi connectivity index (χ0v) is 11.5. The molecule has 0 saturated heterocycles. The number of aromatic amines is 1. The summed E-state index contributed by atoms with van der Waals surface area (Å²) in [6.45, 7) is 2.24. The van der Waals surface area contributed by atoms with Crippen molar-refractivity contribution in [3.63, 3.8) is 0 Å². The molecule has 0 aliphatic carbocycles. The third-order valence-corrected chi connectivity index (χ3v) is 3.24. The molecule has 0 spiro atoms. The smallest absolute Gasteiger partial charge is 0.337 e. The number of hydrogen-bond donors (Lipinski definition) is 2. The lowest BCUT2D eigenvalue weighted by molar-refractivity contribution is -0.113. The van der Waals surface area contributed by atoms with Crippen LogP contribution in [0.5, 0.6) is 6.01 Å². The van der Waals surface area contributed by atoms with Gasteiger partial charge < -0.3 is 4.74 Å². The van der Waals surface area contributed by atoms with Gasteiger partial charge in [0.15, 0.2) is 0 Å². The van der Waals surface area contributed by atoms with Crippen molar-refractivity contribution in [3.05, 3.63) is 30.1 Å². The molecule has 2 aromatic rings. The molecule has 1 aromatic heterocycles. The average molecular weight is 296 g/mol. The summed E-state index contributed by atoms with van der Waals surface area (Å²) in [5, 5.41) is 8.80. The van der Waals surface area contributed by atoms with E-state index in [0.717, 1.165) is 11.8 Å². The van der Waals surface area contributed by atoms with Gasteiger partial charge in [0.05, 0.1) is 12.4 Å². The predicted molar refractivity (Wildman–Crippen MR) is 73.3 cm³/mol. The molecule has 1 amide bonds. The molecule has 20 heavy (non-hydrogen) atoms. The fourth-order valence-electron chi connectivity index (χ4n) is 1.37. The van der Waals surface area contributed by atoms with Crippen molar-refractivity contribution in [2.45, 2.75) is 11.8 Å². The SMILES string of the molecule is CCOc1n[nH]c(NC(=O)CSc2ccccc2F)n1. The van der Waals surface area contributed by atoms with E-state index in [0.29, 0.717) is 11.5 Å². The molecule has 0 saturated carbocycles. The molecule has 0 unspecified atom stereocenters. The van der Waals surface area contributed by atoms with Crippen LogP contribution in [0.2, 0.25) is 0 Å². The lowest BCUT2D eigenvalue weighted by Crippen LogP contribution is -2.15. The summed E-state index contributed by atoms with van der Waals surface area (Å²) >= 11 is 1.11. The van der Waals surface area contributed by atoms with Crippen LogP contribution in [0.15, 0.2) is 29.2 Å². The van der Waals surface area contributed by atoms with Crippen molar-refractivity contribution in [2.24, 2.45) is 0 Å². The number of hydrogen-bond acceptors (Lipinski definition) is 5. The van der Waals surface area contributed by atoms with Gasteiger partial charge >= 0.3 is 6.01 Å². The van der Waals surface area contributed by atoms with Crippen molar-refractivity contribution in [3.8, 4) is 6.01 Å². The molecule has 0 fully saturated rings. The number of nitrogens with one attached hydrogen (secondary N) is 2. The highest BCUT2D eigenvalue weighted by Gasteiger charge is 2.09. The van der Waals surface area contributed by atoms with Crippen LogP contribution in [0.25, 0.3) is 0 Å². The van der Waals surface area contributed by atoms with Gasteiger partial charge in [-0.1, -0.05) is 12.1 Å². The Hall–Kier alpha value is -2.09. The van der Waals surface area contributed by atoms with Gasteiger partial charge in [0, 0.05) is 4.90 Å². The maximum Gasteiger partial charge on any atom is 0.337 e. The molecular formula is C12H13FN4O2S. The first kappa shape index (κ1) is 14.3. The second kappa shape index (κ2) is 6.90. The Kier molecular flexibility index (Phi) is 4.94. The number of aromatic nitrogens is 3. The second-order valence-electron chi connectivity index (χ2n) is 3.67. The number of benzene rings is 1. The maximum absolute atomic E-state index is 13.4. The van der Waals surface area contributed by atoms with Gasteiger partial charge in [-0.2, -0.15) is 4.98 Å². The highest BCUT2D eigenvalue weighted by Crippen LogP contribution is 2.21. The highest BCUT2D eigenvalue weighted by atomic mass is 32.2. The lowest BCUT2D eigenvalue weighted by atomic mass is 10.3. The summed E-state index contributed by atoms with van der Waals surface area (Å²) in [7, 11) is 0. The normalized spacial score (nSPS) is 10.3. The van der Waals surface area contributed by atoms with E-state index in [-0.39, 0.29) is 29.4 Å². The minimum atomic E-state index is -0.344. The quantitative estimate of drug-likeness (QED) is 0.798. The van der Waals surface area contributed by atoms with Gasteiger partial charge in [0.25, 0.3) is 0 Å². The third kappa shape index (κ3) is 3.95. The van der Waals surface area contributed by atoms with Crippen LogP contribution in [0, 0.1) is 5.82 Å². The van der Waals surface area contributed by atoms with E-state index >= 15 is 0 Å². The van der Waals surface area contributed by atoms with Gasteiger partial charge in [-0.25, -0.2) is 9.49 Å². The average Bonchev–Trinajstić information content (AvgIpc) is 2.85. The molecule has 0 atom stereocenters. The molecule has 0 bridgehead atoms. The number of nitrogens with zero attached hydrogens (tertiary/aromatic N) is 2.